The van der Waals surface area contributed by atoms with Gasteiger partial charge in [-0.05, 0) is 55.3 Å². The Hall–Kier alpha value is -2.53. The van der Waals surface area contributed by atoms with E-state index in [-0.39, 0.29) is 6.03 Å². The number of nitrogens with zero attached hydrogens (tertiary/aromatic N) is 1. The molecule has 2 aromatic rings. The summed E-state index contributed by atoms with van der Waals surface area (Å²) in [6.07, 6.45) is 0. The van der Waals surface area contributed by atoms with E-state index >= 15 is 0 Å². The van der Waals surface area contributed by atoms with Gasteiger partial charge in [0.1, 0.15) is 0 Å². The second kappa shape index (κ2) is 7.36. The van der Waals surface area contributed by atoms with Gasteiger partial charge in [0, 0.05) is 43.2 Å². The summed E-state index contributed by atoms with van der Waals surface area (Å²) >= 11 is 0. The van der Waals surface area contributed by atoms with Crippen molar-refractivity contribution in [2.45, 2.75) is 13.8 Å². The lowest BCUT2D eigenvalue weighted by atomic mass is 10.1. The molecule has 0 saturated carbocycles. The summed E-state index contributed by atoms with van der Waals surface area (Å²) in [4.78, 5) is 14.5. The van der Waals surface area contributed by atoms with E-state index < -0.39 is 0 Å². The maximum Gasteiger partial charge on any atom is 0.323 e. The summed E-state index contributed by atoms with van der Waals surface area (Å²) in [5.74, 6) is 0. The SMILES string of the molecule is Cc1ccc(C)c(NC(=O)Nc2ccc(N3CCNCC3)cc2)c1. The molecular formula is C19H24N4O. The normalized spacial score (nSPS) is 14.3. The van der Waals surface area contributed by atoms with Gasteiger partial charge in [0.25, 0.3) is 0 Å². The van der Waals surface area contributed by atoms with Crippen molar-refractivity contribution in [3.63, 3.8) is 0 Å². The van der Waals surface area contributed by atoms with Crippen LogP contribution in [-0.4, -0.2) is 32.2 Å². The fraction of sp³-hybridized carbons (Fsp3) is 0.316. The predicted molar refractivity (Wildman–Crippen MR) is 100 cm³/mol. The van der Waals surface area contributed by atoms with Crippen molar-refractivity contribution in [3.8, 4) is 0 Å². The molecule has 0 aliphatic carbocycles. The van der Waals surface area contributed by atoms with Gasteiger partial charge in [0.15, 0.2) is 0 Å². The van der Waals surface area contributed by atoms with E-state index in [0.717, 1.165) is 48.7 Å². The average molecular weight is 324 g/mol. The molecule has 0 unspecified atom stereocenters. The number of piperazine rings is 1. The molecular weight excluding hydrogens is 300 g/mol. The molecule has 2 amide bonds. The van der Waals surface area contributed by atoms with Gasteiger partial charge in [-0.25, -0.2) is 4.79 Å². The topological polar surface area (TPSA) is 56.4 Å². The highest BCUT2D eigenvalue weighted by atomic mass is 16.2. The molecule has 1 heterocycles. The summed E-state index contributed by atoms with van der Waals surface area (Å²) in [5.41, 5.74) is 4.99. The molecule has 126 valence electrons. The van der Waals surface area contributed by atoms with Crippen LogP contribution in [0.2, 0.25) is 0 Å². The molecule has 1 fully saturated rings. The van der Waals surface area contributed by atoms with Crippen molar-refractivity contribution in [2.24, 2.45) is 0 Å². The molecule has 0 bridgehead atoms. The van der Waals surface area contributed by atoms with E-state index in [1.54, 1.807) is 0 Å². The third kappa shape index (κ3) is 4.06. The zero-order chi connectivity index (χ0) is 16.9. The van der Waals surface area contributed by atoms with Crippen molar-refractivity contribution in [1.82, 2.24) is 5.32 Å². The highest BCUT2D eigenvalue weighted by Gasteiger charge is 2.10. The average Bonchev–Trinajstić information content (AvgIpc) is 2.59. The van der Waals surface area contributed by atoms with Crippen molar-refractivity contribution < 1.29 is 4.79 Å². The number of benzene rings is 2. The third-order valence-electron chi connectivity index (χ3n) is 4.25. The highest BCUT2D eigenvalue weighted by Crippen LogP contribution is 2.20. The van der Waals surface area contributed by atoms with Crippen LogP contribution in [0, 0.1) is 13.8 Å². The molecule has 0 spiro atoms. The van der Waals surface area contributed by atoms with Crippen LogP contribution in [0.1, 0.15) is 11.1 Å². The van der Waals surface area contributed by atoms with E-state index in [1.165, 1.54) is 5.69 Å². The Morgan fingerprint density at radius 2 is 1.71 bits per heavy atom. The van der Waals surface area contributed by atoms with Crippen molar-refractivity contribution >= 4 is 23.1 Å². The number of hydrogen-bond acceptors (Lipinski definition) is 3. The Morgan fingerprint density at radius 1 is 1.00 bits per heavy atom. The monoisotopic (exact) mass is 324 g/mol. The molecule has 24 heavy (non-hydrogen) atoms. The Bertz CT molecular complexity index is 706. The van der Waals surface area contributed by atoms with Gasteiger partial charge >= 0.3 is 6.03 Å². The summed E-state index contributed by atoms with van der Waals surface area (Å²) in [6.45, 7) is 8.05. The molecule has 1 saturated heterocycles. The van der Waals surface area contributed by atoms with Gasteiger partial charge in [0.05, 0.1) is 0 Å². The quantitative estimate of drug-likeness (QED) is 0.811. The number of amides is 2. The largest absolute Gasteiger partial charge is 0.369 e. The van der Waals surface area contributed by atoms with Gasteiger partial charge in [-0.2, -0.15) is 0 Å². The van der Waals surface area contributed by atoms with Crippen LogP contribution in [0.4, 0.5) is 21.9 Å². The van der Waals surface area contributed by atoms with Crippen LogP contribution in [0.5, 0.6) is 0 Å². The van der Waals surface area contributed by atoms with Crippen molar-refractivity contribution in [3.05, 3.63) is 53.6 Å². The van der Waals surface area contributed by atoms with E-state index in [2.05, 4.69) is 33.0 Å². The fourth-order valence-electron chi connectivity index (χ4n) is 2.83. The Labute approximate surface area is 143 Å². The number of aryl methyl sites for hydroxylation is 2. The van der Waals surface area contributed by atoms with Crippen LogP contribution in [0.25, 0.3) is 0 Å². The number of hydrogen-bond donors (Lipinski definition) is 3. The van der Waals surface area contributed by atoms with E-state index in [1.807, 2.05) is 44.2 Å². The predicted octanol–water partition coefficient (Wildman–Crippen LogP) is 3.36. The minimum atomic E-state index is -0.223. The van der Waals surface area contributed by atoms with Crippen LogP contribution < -0.4 is 20.9 Å². The summed E-state index contributed by atoms with van der Waals surface area (Å²) in [6, 6.07) is 13.8. The fourth-order valence-corrected chi connectivity index (χ4v) is 2.83. The first-order chi connectivity index (χ1) is 11.6. The van der Waals surface area contributed by atoms with Gasteiger partial charge in [-0.1, -0.05) is 12.1 Å². The van der Waals surface area contributed by atoms with Crippen molar-refractivity contribution in [2.75, 3.05) is 41.7 Å². The molecule has 1 aliphatic rings. The van der Waals surface area contributed by atoms with Crippen LogP contribution in [0.15, 0.2) is 42.5 Å². The number of carbonyl (C=O) groups excluding carboxylic acids is 1. The Balaban J connectivity index is 1.61. The number of urea groups is 1. The first-order valence-corrected chi connectivity index (χ1v) is 8.33. The number of anilines is 3. The second-order valence-electron chi connectivity index (χ2n) is 6.18. The summed E-state index contributed by atoms with van der Waals surface area (Å²) in [7, 11) is 0. The molecule has 0 aromatic heterocycles. The van der Waals surface area contributed by atoms with Gasteiger partial charge in [0.2, 0.25) is 0 Å². The smallest absolute Gasteiger partial charge is 0.323 e. The molecule has 0 atom stereocenters. The summed E-state index contributed by atoms with van der Waals surface area (Å²) < 4.78 is 0. The molecule has 5 nitrogen and oxygen atoms in total. The van der Waals surface area contributed by atoms with Crippen LogP contribution in [0.3, 0.4) is 0 Å². The number of nitrogens with one attached hydrogen (secondary N) is 3. The lowest BCUT2D eigenvalue weighted by Gasteiger charge is -2.29. The number of rotatable bonds is 3. The van der Waals surface area contributed by atoms with E-state index in [4.69, 9.17) is 0 Å². The van der Waals surface area contributed by atoms with Crippen LogP contribution in [-0.2, 0) is 0 Å². The molecule has 3 rings (SSSR count). The maximum absolute atomic E-state index is 12.2. The summed E-state index contributed by atoms with van der Waals surface area (Å²) in [5, 5.41) is 9.14. The standard InChI is InChI=1S/C19H24N4O/c1-14-3-4-15(2)18(13-14)22-19(24)21-16-5-7-17(8-6-16)23-11-9-20-10-12-23/h3-8,13,20H,9-12H2,1-2H3,(H2,21,22,24). The second-order valence-corrected chi connectivity index (χ2v) is 6.18. The van der Waals surface area contributed by atoms with Crippen LogP contribution >= 0.6 is 0 Å². The highest BCUT2D eigenvalue weighted by molar-refractivity contribution is 6.00. The van der Waals surface area contributed by atoms with Gasteiger partial charge in [-0.3, -0.25) is 0 Å². The zero-order valence-corrected chi connectivity index (χ0v) is 14.2. The molecule has 1 aliphatic heterocycles. The van der Waals surface area contributed by atoms with E-state index in [0.29, 0.717) is 0 Å². The maximum atomic E-state index is 12.2. The Morgan fingerprint density at radius 3 is 2.42 bits per heavy atom. The minimum Gasteiger partial charge on any atom is -0.369 e. The number of carbonyl (C=O) groups is 1. The Kier molecular flexibility index (Phi) is 5.01. The molecule has 2 aromatic carbocycles. The first kappa shape index (κ1) is 16.3. The molecule has 0 radical (unpaired) electrons. The lowest BCUT2D eigenvalue weighted by molar-refractivity contribution is 0.262. The molecule has 5 heteroatoms. The third-order valence-corrected chi connectivity index (χ3v) is 4.25. The van der Waals surface area contributed by atoms with Gasteiger partial charge < -0.3 is 20.9 Å². The first-order valence-electron chi connectivity index (χ1n) is 8.33. The zero-order valence-electron chi connectivity index (χ0n) is 14.2. The van der Waals surface area contributed by atoms with Gasteiger partial charge in [-0.15, -0.1) is 0 Å². The van der Waals surface area contributed by atoms with E-state index in [9.17, 15) is 4.79 Å². The van der Waals surface area contributed by atoms with Crippen molar-refractivity contribution in [1.29, 1.82) is 0 Å². The molecule has 3 N–H and O–H groups in total. The lowest BCUT2D eigenvalue weighted by Crippen LogP contribution is -2.43. The minimum absolute atomic E-state index is 0.223.